The lowest BCUT2D eigenvalue weighted by Crippen LogP contribution is -2.46. The second-order valence-electron chi connectivity index (χ2n) is 9.42. The number of pyridine rings is 1. The number of carbonyl (C=O) groups excluding carboxylic acids is 1. The third-order valence-electron chi connectivity index (χ3n) is 6.96. The molecule has 1 atom stereocenters. The van der Waals surface area contributed by atoms with Gasteiger partial charge in [-0.15, -0.1) is 0 Å². The van der Waals surface area contributed by atoms with E-state index in [1.54, 1.807) is 11.8 Å². The molecule has 192 valence electrons. The minimum absolute atomic E-state index is 0.0550. The molecule has 0 aromatic carbocycles. The van der Waals surface area contributed by atoms with E-state index in [9.17, 15) is 31.9 Å². The van der Waals surface area contributed by atoms with E-state index in [1.807, 2.05) is 0 Å². The molecule has 35 heavy (non-hydrogen) atoms. The Morgan fingerprint density at radius 1 is 1.11 bits per heavy atom. The largest absolute Gasteiger partial charge is 0.392 e. The maximum atomic E-state index is 14.0. The maximum absolute atomic E-state index is 14.0. The predicted octanol–water partition coefficient (Wildman–Crippen LogP) is 3.95. The predicted molar refractivity (Wildman–Crippen MR) is 125 cm³/mol. The van der Waals surface area contributed by atoms with E-state index in [0.29, 0.717) is 25.7 Å². The second kappa shape index (κ2) is 10.3. The zero-order valence-electron chi connectivity index (χ0n) is 19.3. The summed E-state index contributed by atoms with van der Waals surface area (Å²) >= 11 is 1.79. The molecule has 7 nitrogen and oxygen atoms in total. The molecule has 2 aliphatic rings. The average molecular weight is 517 g/mol. The summed E-state index contributed by atoms with van der Waals surface area (Å²) in [4.78, 5) is 43.0. The fourth-order valence-corrected chi connectivity index (χ4v) is 6.04. The van der Waals surface area contributed by atoms with Crippen LogP contribution in [0, 0.1) is 11.7 Å². The highest BCUT2D eigenvalue weighted by atomic mass is 32.2. The summed E-state index contributed by atoms with van der Waals surface area (Å²) in [6, 6.07) is 0.200. The molecule has 2 aromatic heterocycles. The van der Waals surface area contributed by atoms with Crippen LogP contribution >= 0.6 is 11.8 Å². The van der Waals surface area contributed by atoms with Crippen molar-refractivity contribution in [3.63, 3.8) is 0 Å². The Bertz CT molecular complexity index is 1200. The third kappa shape index (κ3) is 5.57. The van der Waals surface area contributed by atoms with Gasteiger partial charge >= 0.3 is 11.9 Å². The van der Waals surface area contributed by atoms with Gasteiger partial charge in [-0.2, -0.15) is 24.9 Å². The average Bonchev–Trinajstić information content (AvgIpc) is 2.81. The lowest BCUT2D eigenvalue weighted by atomic mass is 9.90. The molecule has 0 spiro atoms. The molecule has 3 heterocycles. The van der Waals surface area contributed by atoms with E-state index in [0.717, 1.165) is 43.5 Å². The van der Waals surface area contributed by atoms with Crippen molar-refractivity contribution in [1.29, 1.82) is 0 Å². The molecule has 1 aliphatic heterocycles. The minimum atomic E-state index is -4.43. The first-order valence-electron chi connectivity index (χ1n) is 11.8. The molecule has 4 rings (SSSR count). The number of rotatable bonds is 5. The van der Waals surface area contributed by atoms with Gasteiger partial charge in [0.2, 0.25) is 5.91 Å². The second-order valence-corrected chi connectivity index (χ2v) is 10.6. The first kappa shape index (κ1) is 25.7. The molecule has 2 aromatic rings. The molecule has 0 bridgehead atoms. The van der Waals surface area contributed by atoms with E-state index in [-0.39, 0.29) is 23.1 Å². The van der Waals surface area contributed by atoms with Gasteiger partial charge in [0.15, 0.2) is 0 Å². The Morgan fingerprint density at radius 2 is 1.74 bits per heavy atom. The van der Waals surface area contributed by atoms with Crippen LogP contribution in [-0.2, 0) is 4.79 Å². The SMILES string of the molecule is CC(CC(=O)N[C@H]1CC[C@@H](n2c(=O)c3cc(F)cnc3n(C3CCSCC3)c2=O)CC1)C(F)(F)F. The fraction of sp³-hybridized carbons (Fsp3) is 0.652. The Morgan fingerprint density at radius 3 is 2.37 bits per heavy atom. The van der Waals surface area contributed by atoms with E-state index in [4.69, 9.17) is 0 Å². The van der Waals surface area contributed by atoms with Crippen LogP contribution in [0.1, 0.15) is 64.0 Å². The molecule has 1 aliphatic carbocycles. The zero-order valence-corrected chi connectivity index (χ0v) is 20.1. The van der Waals surface area contributed by atoms with E-state index >= 15 is 0 Å². The first-order chi connectivity index (χ1) is 16.6. The van der Waals surface area contributed by atoms with Crippen LogP contribution in [0.25, 0.3) is 11.0 Å². The Kier molecular flexibility index (Phi) is 7.58. The molecule has 0 radical (unpaired) electrons. The van der Waals surface area contributed by atoms with Crippen LogP contribution < -0.4 is 16.6 Å². The smallest absolute Gasteiger partial charge is 0.353 e. The fourth-order valence-electron chi connectivity index (χ4n) is 4.96. The van der Waals surface area contributed by atoms with Gasteiger partial charge in [-0.1, -0.05) is 6.92 Å². The molecule has 1 amide bonds. The van der Waals surface area contributed by atoms with Crippen molar-refractivity contribution in [1.82, 2.24) is 19.4 Å². The topological polar surface area (TPSA) is 86.0 Å². The Labute approximate surface area is 203 Å². The lowest BCUT2D eigenvalue weighted by molar-refractivity contribution is -0.174. The number of carbonyl (C=O) groups is 1. The molecule has 1 saturated heterocycles. The van der Waals surface area contributed by atoms with Crippen molar-refractivity contribution >= 4 is 28.7 Å². The number of aromatic nitrogens is 3. The molecule has 2 fully saturated rings. The summed E-state index contributed by atoms with van der Waals surface area (Å²) < 4.78 is 54.9. The van der Waals surface area contributed by atoms with E-state index in [1.165, 1.54) is 9.13 Å². The molecule has 12 heteroatoms. The summed E-state index contributed by atoms with van der Waals surface area (Å²) in [5, 5.41) is 2.71. The van der Waals surface area contributed by atoms with Gasteiger partial charge in [-0.25, -0.2) is 14.2 Å². The molecular formula is C23H28F4N4O3S. The first-order valence-corrected chi connectivity index (χ1v) is 13.0. The van der Waals surface area contributed by atoms with Crippen molar-refractivity contribution in [3.8, 4) is 0 Å². The summed E-state index contributed by atoms with van der Waals surface area (Å²) in [5.41, 5.74) is -0.871. The van der Waals surface area contributed by atoms with Gasteiger partial charge in [0.1, 0.15) is 11.5 Å². The van der Waals surface area contributed by atoms with Crippen LogP contribution in [0.3, 0.4) is 0 Å². The number of hydrogen-bond donors (Lipinski definition) is 1. The zero-order chi connectivity index (χ0) is 25.3. The van der Waals surface area contributed by atoms with Crippen LogP contribution in [0.2, 0.25) is 0 Å². The number of nitrogens with one attached hydrogen (secondary N) is 1. The quantitative estimate of drug-likeness (QED) is 0.609. The van der Waals surface area contributed by atoms with Gasteiger partial charge < -0.3 is 5.32 Å². The van der Waals surface area contributed by atoms with Crippen molar-refractivity contribution in [2.75, 3.05) is 11.5 Å². The number of thioether (sulfide) groups is 1. The monoisotopic (exact) mass is 516 g/mol. The lowest BCUT2D eigenvalue weighted by Gasteiger charge is -2.32. The minimum Gasteiger partial charge on any atom is -0.353 e. The Balaban J connectivity index is 1.56. The highest BCUT2D eigenvalue weighted by molar-refractivity contribution is 7.99. The van der Waals surface area contributed by atoms with Crippen LogP contribution in [0.15, 0.2) is 21.9 Å². The standard InChI is InChI=1S/C23H28F4N4O3S/c1-13(23(25,26)27)10-19(32)29-15-2-4-16(5-3-15)31-21(33)18-11-14(24)12-28-20(18)30(22(31)34)17-6-8-35-9-7-17/h11-13,15-17H,2-10H2,1H3,(H,29,32)/t13?,15-,16+. The van der Waals surface area contributed by atoms with E-state index < -0.39 is 47.5 Å². The molecule has 1 N–H and O–H groups in total. The number of halogens is 4. The van der Waals surface area contributed by atoms with E-state index in [2.05, 4.69) is 10.3 Å². The summed E-state index contributed by atoms with van der Waals surface area (Å²) in [5.74, 6) is -1.32. The number of fused-ring (bicyclic) bond motifs is 1. The highest BCUT2D eigenvalue weighted by Crippen LogP contribution is 2.31. The van der Waals surface area contributed by atoms with Crippen LogP contribution in [-0.4, -0.2) is 43.7 Å². The van der Waals surface area contributed by atoms with Gasteiger partial charge in [0.05, 0.1) is 17.5 Å². The number of amides is 1. The normalized spacial score (nSPS) is 22.8. The van der Waals surface area contributed by atoms with Crippen molar-refractivity contribution in [3.05, 3.63) is 38.9 Å². The summed E-state index contributed by atoms with van der Waals surface area (Å²) in [7, 11) is 0. The molecule has 1 unspecified atom stereocenters. The van der Waals surface area contributed by atoms with Crippen LogP contribution in [0.5, 0.6) is 0 Å². The number of hydrogen-bond acceptors (Lipinski definition) is 5. The third-order valence-corrected chi connectivity index (χ3v) is 8.00. The maximum Gasteiger partial charge on any atom is 0.392 e. The van der Waals surface area contributed by atoms with Crippen LogP contribution in [0.4, 0.5) is 17.6 Å². The van der Waals surface area contributed by atoms with Gasteiger partial charge in [0.25, 0.3) is 5.56 Å². The molecular weight excluding hydrogens is 488 g/mol. The van der Waals surface area contributed by atoms with Gasteiger partial charge in [0, 0.05) is 24.5 Å². The van der Waals surface area contributed by atoms with Crippen molar-refractivity contribution in [2.24, 2.45) is 5.92 Å². The highest BCUT2D eigenvalue weighted by Gasteiger charge is 2.37. The van der Waals surface area contributed by atoms with Crippen molar-refractivity contribution in [2.45, 2.75) is 76.2 Å². The summed E-state index contributed by atoms with van der Waals surface area (Å²) in [6.45, 7) is 0.969. The molecule has 1 saturated carbocycles. The summed E-state index contributed by atoms with van der Waals surface area (Å²) in [6.07, 6.45) is -0.961. The van der Waals surface area contributed by atoms with Crippen molar-refractivity contribution < 1.29 is 22.4 Å². The Hall–Kier alpha value is -2.37. The number of alkyl halides is 3. The van der Waals surface area contributed by atoms with Gasteiger partial charge in [-0.3, -0.25) is 18.7 Å². The van der Waals surface area contributed by atoms with Gasteiger partial charge in [-0.05, 0) is 56.1 Å². The number of nitrogens with zero attached hydrogens (tertiary/aromatic N) is 3.